The first-order valence-corrected chi connectivity index (χ1v) is 10.3. The van der Waals surface area contributed by atoms with Gasteiger partial charge in [0.15, 0.2) is 17.3 Å². The minimum Gasteiger partial charge on any atom is -0.493 e. The van der Waals surface area contributed by atoms with Crippen molar-refractivity contribution in [3.63, 3.8) is 0 Å². The van der Waals surface area contributed by atoms with Gasteiger partial charge in [-0.2, -0.15) is 0 Å². The lowest BCUT2D eigenvalue weighted by atomic mass is 9.64. The summed E-state index contributed by atoms with van der Waals surface area (Å²) in [5.74, 6) is 1.22. The molecule has 4 atom stereocenters. The molecule has 5 nitrogen and oxygen atoms in total. The van der Waals surface area contributed by atoms with E-state index in [-0.39, 0.29) is 17.3 Å². The van der Waals surface area contributed by atoms with Gasteiger partial charge in [0.25, 0.3) is 0 Å². The van der Waals surface area contributed by atoms with Crippen LogP contribution in [0.4, 0.5) is 0 Å². The van der Waals surface area contributed by atoms with E-state index in [0.29, 0.717) is 6.04 Å². The van der Waals surface area contributed by atoms with Crippen LogP contribution in [-0.4, -0.2) is 57.3 Å². The molecule has 1 saturated carbocycles. The summed E-state index contributed by atoms with van der Waals surface area (Å²) in [6.45, 7) is 4.06. The average molecular weight is 376 g/mol. The Morgan fingerprint density at radius 1 is 1.15 bits per heavy atom. The Bertz CT molecular complexity index is 680. The zero-order valence-corrected chi connectivity index (χ0v) is 17.1. The van der Waals surface area contributed by atoms with Gasteiger partial charge < -0.3 is 23.8 Å². The summed E-state index contributed by atoms with van der Waals surface area (Å²) in [7, 11) is 5.64. The molecule has 0 aromatic heterocycles. The van der Waals surface area contributed by atoms with Crippen LogP contribution in [0.2, 0.25) is 0 Å². The molecule has 1 aliphatic carbocycles. The van der Waals surface area contributed by atoms with E-state index >= 15 is 0 Å². The van der Waals surface area contributed by atoms with Crippen LogP contribution in [0.15, 0.2) is 18.2 Å². The van der Waals surface area contributed by atoms with Gasteiger partial charge in [-0.1, -0.05) is 19.4 Å². The molecule has 2 aliphatic heterocycles. The molecule has 27 heavy (non-hydrogen) atoms. The molecular weight excluding hydrogens is 342 g/mol. The summed E-state index contributed by atoms with van der Waals surface area (Å²) < 4.78 is 23.8. The molecule has 0 radical (unpaired) electrons. The van der Waals surface area contributed by atoms with Crippen molar-refractivity contribution in [3.05, 3.63) is 23.8 Å². The number of nitrogens with zero attached hydrogens (tertiary/aromatic N) is 1. The second-order valence-corrected chi connectivity index (χ2v) is 8.43. The fourth-order valence-electron chi connectivity index (χ4n) is 5.52. The normalized spacial score (nSPS) is 36.1. The highest BCUT2D eigenvalue weighted by Crippen LogP contribution is 2.54. The molecule has 150 valence electrons. The molecule has 5 heteroatoms. The van der Waals surface area contributed by atoms with Crippen LogP contribution in [0.3, 0.4) is 0 Å². The lowest BCUT2D eigenvalue weighted by molar-refractivity contribution is -0.204. The quantitative estimate of drug-likeness (QED) is 0.784. The van der Waals surface area contributed by atoms with Crippen molar-refractivity contribution in [2.75, 3.05) is 34.4 Å². The molecular formula is C22H33NO4. The molecule has 3 fully saturated rings. The van der Waals surface area contributed by atoms with E-state index in [4.69, 9.17) is 18.9 Å². The van der Waals surface area contributed by atoms with Crippen LogP contribution in [0, 0.1) is 0 Å². The van der Waals surface area contributed by atoms with Crippen molar-refractivity contribution in [3.8, 4) is 11.5 Å². The fraction of sp³-hybridized carbons (Fsp3) is 0.727. The first kappa shape index (κ1) is 19.0. The second kappa shape index (κ2) is 7.26. The molecule has 2 heterocycles. The Kier molecular flexibility index (Phi) is 5.12. The number of hydrogen-bond acceptors (Lipinski definition) is 5. The van der Waals surface area contributed by atoms with E-state index < -0.39 is 0 Å². The third-order valence-electron chi connectivity index (χ3n) is 7.02. The van der Waals surface area contributed by atoms with Gasteiger partial charge in [-0.25, -0.2) is 0 Å². The highest BCUT2D eigenvalue weighted by molar-refractivity contribution is 5.46. The molecule has 3 aliphatic rings. The van der Waals surface area contributed by atoms with Gasteiger partial charge in [0, 0.05) is 24.3 Å². The third-order valence-corrected chi connectivity index (χ3v) is 7.02. The van der Waals surface area contributed by atoms with Gasteiger partial charge >= 0.3 is 0 Å². The Balaban J connectivity index is 1.62. The minimum absolute atomic E-state index is 0.134. The lowest BCUT2D eigenvalue weighted by Gasteiger charge is -2.48. The van der Waals surface area contributed by atoms with Crippen LogP contribution in [0.1, 0.15) is 51.0 Å². The van der Waals surface area contributed by atoms with Gasteiger partial charge in [0.1, 0.15) is 0 Å². The Morgan fingerprint density at radius 2 is 1.96 bits per heavy atom. The zero-order chi connectivity index (χ0) is 19.1. The van der Waals surface area contributed by atoms with Gasteiger partial charge in [-0.3, -0.25) is 0 Å². The van der Waals surface area contributed by atoms with E-state index in [9.17, 15) is 0 Å². The molecule has 1 aromatic carbocycles. The number of likely N-dealkylation sites (N-methyl/N-ethyl adjacent to an activating group) is 1. The van der Waals surface area contributed by atoms with E-state index in [1.54, 1.807) is 14.2 Å². The van der Waals surface area contributed by atoms with Gasteiger partial charge in [0.2, 0.25) is 0 Å². The highest BCUT2D eigenvalue weighted by Gasteiger charge is 2.57. The van der Waals surface area contributed by atoms with E-state index in [2.05, 4.69) is 31.0 Å². The van der Waals surface area contributed by atoms with Crippen molar-refractivity contribution >= 4 is 0 Å². The summed E-state index contributed by atoms with van der Waals surface area (Å²) in [4.78, 5) is 2.50. The van der Waals surface area contributed by atoms with Crippen molar-refractivity contribution in [2.24, 2.45) is 0 Å². The van der Waals surface area contributed by atoms with Crippen molar-refractivity contribution in [1.29, 1.82) is 0 Å². The van der Waals surface area contributed by atoms with E-state index in [0.717, 1.165) is 63.2 Å². The fourth-order valence-corrected chi connectivity index (χ4v) is 5.52. The van der Waals surface area contributed by atoms with Crippen LogP contribution >= 0.6 is 0 Å². The maximum atomic E-state index is 6.46. The standard InChI is InChI=1S/C22H33NO4/c1-5-6-17-15-26-22(27-17)10-9-21(11-12-23(2)20(21)14-22)16-7-8-18(24-3)19(13-16)25-4/h7-8,13,17,20H,5-6,9-12,14-15H2,1-4H3/t17?,20-,21-,22?/m0/s1. The van der Waals surface area contributed by atoms with Crippen molar-refractivity contribution in [1.82, 2.24) is 4.90 Å². The number of benzene rings is 1. The second-order valence-electron chi connectivity index (χ2n) is 8.43. The predicted molar refractivity (Wildman–Crippen MR) is 105 cm³/mol. The Hall–Kier alpha value is -1.30. The van der Waals surface area contributed by atoms with Crippen LogP contribution in [0.5, 0.6) is 11.5 Å². The number of ether oxygens (including phenoxy) is 4. The third kappa shape index (κ3) is 3.14. The number of likely N-dealkylation sites (tertiary alicyclic amines) is 1. The predicted octanol–water partition coefficient (Wildman–Crippen LogP) is 3.74. The molecule has 0 bridgehead atoms. The first-order chi connectivity index (χ1) is 13.1. The van der Waals surface area contributed by atoms with Crippen LogP contribution in [-0.2, 0) is 14.9 Å². The largest absolute Gasteiger partial charge is 0.493 e. The summed E-state index contributed by atoms with van der Waals surface area (Å²) in [6.07, 6.45) is 6.64. The van der Waals surface area contributed by atoms with Crippen LogP contribution < -0.4 is 9.47 Å². The number of rotatable bonds is 5. The Labute approximate surface area is 162 Å². The van der Waals surface area contributed by atoms with E-state index in [1.807, 2.05) is 6.07 Å². The maximum absolute atomic E-state index is 6.46. The summed E-state index contributed by atoms with van der Waals surface area (Å²) in [6, 6.07) is 6.87. The molecule has 2 unspecified atom stereocenters. The molecule has 1 aromatic rings. The van der Waals surface area contributed by atoms with Crippen LogP contribution in [0.25, 0.3) is 0 Å². The topological polar surface area (TPSA) is 40.2 Å². The maximum Gasteiger partial charge on any atom is 0.170 e. The summed E-state index contributed by atoms with van der Waals surface area (Å²) in [5.41, 5.74) is 1.49. The zero-order valence-electron chi connectivity index (χ0n) is 17.1. The molecule has 2 saturated heterocycles. The average Bonchev–Trinajstić information content (AvgIpc) is 3.24. The molecule has 4 rings (SSSR count). The number of hydrogen-bond donors (Lipinski definition) is 0. The molecule has 1 spiro atoms. The van der Waals surface area contributed by atoms with Crippen molar-refractivity contribution < 1.29 is 18.9 Å². The van der Waals surface area contributed by atoms with Crippen molar-refractivity contribution in [2.45, 2.75) is 68.8 Å². The number of methoxy groups -OCH3 is 2. The lowest BCUT2D eigenvalue weighted by Crippen LogP contribution is -2.53. The number of fused-ring (bicyclic) bond motifs is 1. The Morgan fingerprint density at radius 3 is 2.70 bits per heavy atom. The SMILES string of the molecule is CCCC1COC2(CC[C@@]3(c4ccc(OC)c(OC)c4)CCN(C)[C@H]3C2)O1. The molecule has 0 N–H and O–H groups in total. The monoisotopic (exact) mass is 375 g/mol. The van der Waals surface area contributed by atoms with Gasteiger partial charge in [-0.05, 0) is 50.6 Å². The minimum atomic E-state index is -0.386. The highest BCUT2D eigenvalue weighted by atomic mass is 16.7. The summed E-state index contributed by atoms with van der Waals surface area (Å²) in [5, 5.41) is 0. The summed E-state index contributed by atoms with van der Waals surface area (Å²) >= 11 is 0. The smallest absolute Gasteiger partial charge is 0.170 e. The molecule has 0 amide bonds. The van der Waals surface area contributed by atoms with Gasteiger partial charge in [-0.15, -0.1) is 0 Å². The van der Waals surface area contributed by atoms with Gasteiger partial charge in [0.05, 0.1) is 26.9 Å². The first-order valence-electron chi connectivity index (χ1n) is 10.3. The van der Waals surface area contributed by atoms with E-state index in [1.165, 1.54) is 5.56 Å².